The number of benzene rings is 1. The highest BCUT2D eigenvalue weighted by molar-refractivity contribution is 6.33. The molecule has 0 aliphatic heterocycles. The van der Waals surface area contributed by atoms with Crippen molar-refractivity contribution in [2.45, 2.75) is 13.5 Å². The number of carbonyl (C=O) groups excluding carboxylic acids is 1. The van der Waals surface area contributed by atoms with Crippen molar-refractivity contribution in [2.24, 2.45) is 0 Å². The number of aryl methyl sites for hydroxylation is 1. The summed E-state index contributed by atoms with van der Waals surface area (Å²) in [6.45, 7) is 2.04. The summed E-state index contributed by atoms with van der Waals surface area (Å²) in [6.07, 6.45) is 6.63. The van der Waals surface area contributed by atoms with Crippen LogP contribution in [0, 0.1) is 12.7 Å². The summed E-state index contributed by atoms with van der Waals surface area (Å²) in [5, 5.41) is 7.34. The molecule has 9 heteroatoms. The zero-order valence-electron chi connectivity index (χ0n) is 15.4. The third-order valence-electron chi connectivity index (χ3n) is 4.31. The van der Waals surface area contributed by atoms with E-state index < -0.39 is 0 Å². The van der Waals surface area contributed by atoms with Gasteiger partial charge < -0.3 is 5.32 Å². The van der Waals surface area contributed by atoms with Gasteiger partial charge in [-0.15, -0.1) is 0 Å². The average molecular weight is 411 g/mol. The number of halogens is 2. The lowest BCUT2D eigenvalue weighted by Gasteiger charge is -2.07. The molecule has 0 aliphatic rings. The van der Waals surface area contributed by atoms with Crippen LogP contribution in [-0.2, 0) is 6.54 Å². The lowest BCUT2D eigenvalue weighted by molar-refractivity contribution is 0.102. The van der Waals surface area contributed by atoms with Gasteiger partial charge in [0, 0.05) is 12.4 Å². The van der Waals surface area contributed by atoms with Crippen LogP contribution in [0.1, 0.15) is 21.6 Å². The van der Waals surface area contributed by atoms with E-state index in [2.05, 4.69) is 20.4 Å². The van der Waals surface area contributed by atoms with Crippen molar-refractivity contribution in [2.75, 3.05) is 5.32 Å². The van der Waals surface area contributed by atoms with E-state index in [1.54, 1.807) is 60.7 Å². The number of anilines is 1. The lowest BCUT2D eigenvalue weighted by atomic mass is 10.2. The van der Waals surface area contributed by atoms with Gasteiger partial charge in [0.05, 0.1) is 29.7 Å². The van der Waals surface area contributed by atoms with Gasteiger partial charge in [0.2, 0.25) is 0 Å². The summed E-state index contributed by atoms with van der Waals surface area (Å²) in [4.78, 5) is 21.0. The van der Waals surface area contributed by atoms with Gasteiger partial charge in [0.15, 0.2) is 0 Å². The van der Waals surface area contributed by atoms with Crippen molar-refractivity contribution in [3.05, 3.63) is 89.1 Å². The third-order valence-corrected chi connectivity index (χ3v) is 4.70. The van der Waals surface area contributed by atoms with Crippen LogP contribution >= 0.6 is 11.6 Å². The van der Waals surface area contributed by atoms with Gasteiger partial charge in [-0.1, -0.05) is 23.7 Å². The fraction of sp³-hybridized carbons (Fsp3) is 0.100. The first-order valence-corrected chi connectivity index (χ1v) is 9.12. The predicted molar refractivity (Wildman–Crippen MR) is 107 cm³/mol. The molecular weight excluding hydrogens is 395 g/mol. The van der Waals surface area contributed by atoms with Crippen molar-refractivity contribution in [3.8, 4) is 5.82 Å². The van der Waals surface area contributed by atoms with E-state index >= 15 is 0 Å². The van der Waals surface area contributed by atoms with E-state index in [1.165, 1.54) is 16.8 Å². The highest BCUT2D eigenvalue weighted by Gasteiger charge is 2.20. The highest BCUT2D eigenvalue weighted by atomic mass is 35.5. The summed E-state index contributed by atoms with van der Waals surface area (Å²) in [6, 6.07) is 9.54. The fourth-order valence-electron chi connectivity index (χ4n) is 2.88. The number of pyridine rings is 1. The van der Waals surface area contributed by atoms with Crippen LogP contribution in [0.5, 0.6) is 0 Å². The Morgan fingerprint density at radius 2 is 2.00 bits per heavy atom. The first-order chi connectivity index (χ1) is 14.0. The molecule has 0 spiro atoms. The van der Waals surface area contributed by atoms with Gasteiger partial charge in [0.1, 0.15) is 23.1 Å². The molecular formula is C20H16ClFN6O. The molecule has 0 saturated heterocycles. The Hall–Kier alpha value is -3.52. The molecule has 0 fully saturated rings. The molecule has 0 bridgehead atoms. The molecule has 4 rings (SSSR count). The SMILES string of the molecule is Cc1nn(Cc2ccc(F)cc2)c(Cl)c1C(=O)Nc1ccc(-n2ccnc2)nc1. The van der Waals surface area contributed by atoms with E-state index in [-0.39, 0.29) is 22.4 Å². The van der Waals surface area contributed by atoms with Crippen LogP contribution in [0.4, 0.5) is 10.1 Å². The number of nitrogens with zero attached hydrogens (tertiary/aromatic N) is 5. The van der Waals surface area contributed by atoms with Crippen LogP contribution in [0.3, 0.4) is 0 Å². The fourth-order valence-corrected chi connectivity index (χ4v) is 3.20. The number of carbonyl (C=O) groups is 1. The monoisotopic (exact) mass is 410 g/mol. The molecule has 0 radical (unpaired) electrons. The van der Waals surface area contributed by atoms with Gasteiger partial charge in [-0.05, 0) is 36.8 Å². The molecule has 1 aromatic carbocycles. The second-order valence-corrected chi connectivity index (χ2v) is 6.72. The number of hydrogen-bond donors (Lipinski definition) is 1. The molecule has 4 aromatic rings. The largest absolute Gasteiger partial charge is 0.320 e. The maximum atomic E-state index is 13.1. The van der Waals surface area contributed by atoms with Gasteiger partial charge in [-0.3, -0.25) is 9.36 Å². The second kappa shape index (κ2) is 7.84. The number of nitrogens with one attached hydrogen (secondary N) is 1. The van der Waals surface area contributed by atoms with Gasteiger partial charge in [-0.25, -0.2) is 19.0 Å². The van der Waals surface area contributed by atoms with Crippen LogP contribution in [-0.4, -0.2) is 30.2 Å². The Morgan fingerprint density at radius 3 is 2.66 bits per heavy atom. The van der Waals surface area contributed by atoms with Gasteiger partial charge in [0.25, 0.3) is 5.91 Å². The first-order valence-electron chi connectivity index (χ1n) is 8.74. The van der Waals surface area contributed by atoms with Crippen molar-refractivity contribution >= 4 is 23.2 Å². The van der Waals surface area contributed by atoms with Crippen molar-refractivity contribution in [1.29, 1.82) is 0 Å². The summed E-state index contributed by atoms with van der Waals surface area (Å²) >= 11 is 6.40. The van der Waals surface area contributed by atoms with Crippen molar-refractivity contribution in [1.82, 2.24) is 24.3 Å². The second-order valence-electron chi connectivity index (χ2n) is 6.36. The molecule has 0 saturated carbocycles. The summed E-state index contributed by atoms with van der Waals surface area (Å²) in [7, 11) is 0. The van der Waals surface area contributed by atoms with Crippen LogP contribution in [0.2, 0.25) is 5.15 Å². The summed E-state index contributed by atoms with van der Waals surface area (Å²) in [5.41, 5.74) is 2.13. The zero-order valence-corrected chi connectivity index (χ0v) is 16.1. The average Bonchev–Trinajstić information content (AvgIpc) is 3.33. The molecule has 0 atom stereocenters. The molecule has 3 aromatic heterocycles. The Bertz CT molecular complexity index is 1140. The highest BCUT2D eigenvalue weighted by Crippen LogP contribution is 2.22. The van der Waals surface area contributed by atoms with Crippen molar-refractivity contribution < 1.29 is 9.18 Å². The van der Waals surface area contributed by atoms with Gasteiger partial charge >= 0.3 is 0 Å². The maximum Gasteiger partial charge on any atom is 0.260 e. The number of amides is 1. The van der Waals surface area contributed by atoms with E-state index in [0.717, 1.165) is 5.56 Å². The first kappa shape index (κ1) is 18.8. The van der Waals surface area contributed by atoms with E-state index in [9.17, 15) is 9.18 Å². The van der Waals surface area contributed by atoms with Crippen LogP contribution in [0.15, 0.2) is 61.3 Å². The minimum atomic E-state index is -0.380. The van der Waals surface area contributed by atoms with E-state index in [4.69, 9.17) is 11.6 Å². The molecule has 146 valence electrons. The smallest absolute Gasteiger partial charge is 0.260 e. The molecule has 0 unspecified atom stereocenters. The molecule has 7 nitrogen and oxygen atoms in total. The molecule has 29 heavy (non-hydrogen) atoms. The van der Waals surface area contributed by atoms with Crippen LogP contribution in [0.25, 0.3) is 5.82 Å². The quantitative estimate of drug-likeness (QED) is 0.542. The standard InChI is InChI=1S/C20H16ClFN6O/c1-13-18(19(21)28(26-13)11-14-2-4-15(22)5-3-14)20(29)25-16-6-7-17(24-10-16)27-9-8-23-12-27/h2-10,12H,11H2,1H3,(H,25,29). The lowest BCUT2D eigenvalue weighted by Crippen LogP contribution is -2.13. The number of imidazole rings is 1. The normalized spacial score (nSPS) is 10.9. The number of aromatic nitrogens is 5. The number of rotatable bonds is 5. The predicted octanol–water partition coefficient (Wildman–Crippen LogP) is 3.87. The molecule has 0 aliphatic carbocycles. The maximum absolute atomic E-state index is 13.1. The van der Waals surface area contributed by atoms with Gasteiger partial charge in [-0.2, -0.15) is 5.10 Å². The van der Waals surface area contributed by atoms with E-state index in [1.807, 2.05) is 0 Å². The van der Waals surface area contributed by atoms with Crippen molar-refractivity contribution in [3.63, 3.8) is 0 Å². The zero-order chi connectivity index (χ0) is 20.4. The third kappa shape index (κ3) is 4.02. The Balaban J connectivity index is 1.51. The Morgan fingerprint density at radius 1 is 1.21 bits per heavy atom. The Kier molecular flexibility index (Phi) is 5.09. The molecule has 1 amide bonds. The van der Waals surface area contributed by atoms with Crippen LogP contribution < -0.4 is 5.32 Å². The topological polar surface area (TPSA) is 77.6 Å². The summed E-state index contributed by atoms with van der Waals surface area (Å²) < 4.78 is 16.3. The minimum Gasteiger partial charge on any atom is -0.320 e. The summed E-state index contributed by atoms with van der Waals surface area (Å²) in [5.74, 6) is -0.0129. The number of hydrogen-bond acceptors (Lipinski definition) is 4. The Labute approximate surface area is 170 Å². The minimum absolute atomic E-state index is 0.215. The molecule has 3 heterocycles. The van der Waals surface area contributed by atoms with E-state index in [0.29, 0.717) is 23.7 Å². The molecule has 1 N–H and O–H groups in total.